The predicted octanol–water partition coefficient (Wildman–Crippen LogP) is 0.124. The molecule has 62 valence electrons. The van der Waals surface area contributed by atoms with E-state index in [0.29, 0.717) is 0 Å². The maximum absolute atomic E-state index is 8.50. The number of hydrogen-bond donors (Lipinski definition) is 2. The van der Waals surface area contributed by atoms with Gasteiger partial charge in [-0.1, -0.05) is 12.1 Å². The van der Waals surface area contributed by atoms with Crippen molar-refractivity contribution in [3.8, 4) is 0 Å². The van der Waals surface area contributed by atoms with Crippen molar-refractivity contribution in [2.75, 3.05) is 6.61 Å². The average molecular weight is 156 g/mol. The summed E-state index contributed by atoms with van der Waals surface area (Å²) in [6, 6.07) is 0. The first-order valence-electron chi connectivity index (χ1n) is 3.95. The zero-order valence-electron chi connectivity index (χ0n) is 6.44. The molecule has 1 rings (SSSR count). The van der Waals surface area contributed by atoms with E-state index in [0.717, 1.165) is 25.9 Å². The van der Waals surface area contributed by atoms with Crippen LogP contribution < -0.4 is 0 Å². The highest BCUT2D eigenvalue weighted by Gasteiger charge is 2.10. The van der Waals surface area contributed by atoms with Crippen molar-refractivity contribution in [2.24, 2.45) is 0 Å². The molecule has 1 atom stereocenters. The molecular formula is C7H13BO3. The minimum atomic E-state index is -1.35. The molecule has 0 aromatic rings. The molecule has 0 aromatic heterocycles. The van der Waals surface area contributed by atoms with Gasteiger partial charge in [0.15, 0.2) is 0 Å². The first-order valence-corrected chi connectivity index (χ1v) is 3.95. The maximum atomic E-state index is 8.50. The summed E-state index contributed by atoms with van der Waals surface area (Å²) >= 11 is 0. The maximum Gasteiger partial charge on any atom is 0.480 e. The van der Waals surface area contributed by atoms with Crippen LogP contribution in [0.4, 0.5) is 0 Å². The Balaban J connectivity index is 2.23. The van der Waals surface area contributed by atoms with Crippen LogP contribution >= 0.6 is 0 Å². The average Bonchev–Trinajstić information content (AvgIpc) is 2.03. The van der Waals surface area contributed by atoms with Gasteiger partial charge in [0.05, 0.1) is 6.10 Å². The third-order valence-electron chi connectivity index (χ3n) is 1.71. The fourth-order valence-corrected chi connectivity index (χ4v) is 1.14. The molecule has 0 radical (unpaired) electrons. The summed E-state index contributed by atoms with van der Waals surface area (Å²) in [5.41, 5.74) is 0. The molecule has 0 amide bonds. The van der Waals surface area contributed by atoms with E-state index in [4.69, 9.17) is 14.8 Å². The third kappa shape index (κ3) is 3.55. The lowest BCUT2D eigenvalue weighted by atomic mass is 9.90. The lowest BCUT2D eigenvalue weighted by molar-refractivity contribution is 0.0466. The first kappa shape index (κ1) is 8.78. The Morgan fingerprint density at radius 2 is 2.18 bits per heavy atom. The Morgan fingerprint density at radius 1 is 1.36 bits per heavy atom. The highest BCUT2D eigenvalue weighted by Crippen LogP contribution is 2.13. The highest BCUT2D eigenvalue weighted by molar-refractivity contribution is 6.47. The molecule has 4 heteroatoms. The Labute approximate surface area is 66.8 Å². The molecule has 3 nitrogen and oxygen atoms in total. The largest absolute Gasteiger partial charge is 0.480 e. The smallest absolute Gasteiger partial charge is 0.424 e. The zero-order valence-corrected chi connectivity index (χ0v) is 6.44. The fourth-order valence-electron chi connectivity index (χ4n) is 1.14. The van der Waals surface area contributed by atoms with Gasteiger partial charge < -0.3 is 14.8 Å². The van der Waals surface area contributed by atoms with E-state index in [1.807, 2.05) is 0 Å². The van der Waals surface area contributed by atoms with Gasteiger partial charge >= 0.3 is 7.12 Å². The molecule has 0 saturated carbocycles. The van der Waals surface area contributed by atoms with E-state index in [1.165, 1.54) is 5.98 Å². The van der Waals surface area contributed by atoms with Crippen molar-refractivity contribution < 1.29 is 14.8 Å². The summed E-state index contributed by atoms with van der Waals surface area (Å²) in [6.07, 6.45) is 5.07. The minimum Gasteiger partial charge on any atom is -0.424 e. The second-order valence-corrected chi connectivity index (χ2v) is 2.70. The van der Waals surface area contributed by atoms with E-state index in [9.17, 15) is 0 Å². The SMILES string of the molecule is OB(O)/C=C/C1CCCCO1. The molecule has 0 spiro atoms. The van der Waals surface area contributed by atoms with Gasteiger partial charge in [0, 0.05) is 6.61 Å². The molecule has 11 heavy (non-hydrogen) atoms. The molecule has 1 aliphatic rings. The van der Waals surface area contributed by atoms with Crippen LogP contribution in [0.15, 0.2) is 12.1 Å². The quantitative estimate of drug-likeness (QED) is 0.558. The van der Waals surface area contributed by atoms with Gasteiger partial charge in [-0.3, -0.25) is 0 Å². The van der Waals surface area contributed by atoms with Crippen LogP contribution in [0.1, 0.15) is 19.3 Å². The molecule has 2 N–H and O–H groups in total. The van der Waals surface area contributed by atoms with Crippen molar-refractivity contribution in [3.05, 3.63) is 12.1 Å². The normalized spacial score (nSPS) is 25.8. The van der Waals surface area contributed by atoms with Gasteiger partial charge in [-0.15, -0.1) is 0 Å². The second-order valence-electron chi connectivity index (χ2n) is 2.70. The summed E-state index contributed by atoms with van der Waals surface area (Å²) < 4.78 is 5.32. The number of rotatable bonds is 2. The fraction of sp³-hybridized carbons (Fsp3) is 0.714. The lowest BCUT2D eigenvalue weighted by Gasteiger charge is -2.19. The summed E-state index contributed by atoms with van der Waals surface area (Å²) in [5, 5.41) is 17.0. The van der Waals surface area contributed by atoms with Crippen LogP contribution in [0.25, 0.3) is 0 Å². The van der Waals surface area contributed by atoms with Crippen molar-refractivity contribution in [2.45, 2.75) is 25.4 Å². The van der Waals surface area contributed by atoms with Crippen LogP contribution in [-0.2, 0) is 4.74 Å². The molecule has 1 saturated heterocycles. The lowest BCUT2D eigenvalue weighted by Crippen LogP contribution is -2.17. The standard InChI is InChI=1S/C7H13BO3/c9-8(10)5-4-7-3-1-2-6-11-7/h4-5,7,9-10H,1-3,6H2/b5-4+. The topological polar surface area (TPSA) is 49.7 Å². The number of ether oxygens (including phenoxy) is 1. The Kier molecular flexibility index (Phi) is 3.62. The van der Waals surface area contributed by atoms with Gasteiger partial charge in [-0.25, -0.2) is 0 Å². The second kappa shape index (κ2) is 4.54. The van der Waals surface area contributed by atoms with Gasteiger partial charge in [0.1, 0.15) is 0 Å². The predicted molar refractivity (Wildman–Crippen MR) is 42.9 cm³/mol. The van der Waals surface area contributed by atoms with Crippen LogP contribution in [0.2, 0.25) is 0 Å². The molecule has 1 unspecified atom stereocenters. The van der Waals surface area contributed by atoms with E-state index in [2.05, 4.69) is 0 Å². The van der Waals surface area contributed by atoms with Crippen LogP contribution in [0, 0.1) is 0 Å². The summed E-state index contributed by atoms with van der Waals surface area (Å²) in [4.78, 5) is 0. The van der Waals surface area contributed by atoms with Crippen LogP contribution in [0.5, 0.6) is 0 Å². The Bertz CT molecular complexity index is 130. The zero-order chi connectivity index (χ0) is 8.10. The molecule has 1 fully saturated rings. The van der Waals surface area contributed by atoms with E-state index in [-0.39, 0.29) is 6.10 Å². The third-order valence-corrected chi connectivity index (χ3v) is 1.71. The van der Waals surface area contributed by atoms with Crippen molar-refractivity contribution in [1.82, 2.24) is 0 Å². The van der Waals surface area contributed by atoms with Gasteiger partial charge in [0.25, 0.3) is 0 Å². The molecule has 1 aliphatic heterocycles. The molecular weight excluding hydrogens is 143 g/mol. The minimum absolute atomic E-state index is 0.0885. The Morgan fingerprint density at radius 3 is 2.73 bits per heavy atom. The van der Waals surface area contributed by atoms with Crippen LogP contribution in [-0.4, -0.2) is 29.9 Å². The Hall–Kier alpha value is -0.315. The van der Waals surface area contributed by atoms with Gasteiger partial charge in [0.2, 0.25) is 0 Å². The molecule has 0 aromatic carbocycles. The highest BCUT2D eigenvalue weighted by atomic mass is 16.5. The van der Waals surface area contributed by atoms with E-state index in [1.54, 1.807) is 6.08 Å². The summed E-state index contributed by atoms with van der Waals surface area (Å²) in [5.74, 6) is 1.34. The van der Waals surface area contributed by atoms with Crippen molar-refractivity contribution in [1.29, 1.82) is 0 Å². The first-order chi connectivity index (χ1) is 5.29. The van der Waals surface area contributed by atoms with Gasteiger partial charge in [-0.2, -0.15) is 0 Å². The van der Waals surface area contributed by atoms with Gasteiger partial charge in [-0.05, 0) is 19.3 Å². The monoisotopic (exact) mass is 156 g/mol. The molecule has 0 bridgehead atoms. The van der Waals surface area contributed by atoms with Crippen LogP contribution in [0.3, 0.4) is 0 Å². The summed E-state index contributed by atoms with van der Waals surface area (Å²) in [7, 11) is -1.35. The van der Waals surface area contributed by atoms with E-state index < -0.39 is 7.12 Å². The van der Waals surface area contributed by atoms with E-state index >= 15 is 0 Å². The van der Waals surface area contributed by atoms with Crippen molar-refractivity contribution in [3.63, 3.8) is 0 Å². The molecule has 0 aliphatic carbocycles. The molecule has 1 heterocycles. The summed E-state index contributed by atoms with van der Waals surface area (Å²) in [6.45, 7) is 0.788. The van der Waals surface area contributed by atoms with Crippen molar-refractivity contribution >= 4 is 7.12 Å². The number of hydrogen-bond acceptors (Lipinski definition) is 3.